The molecule has 0 saturated carbocycles. The molecule has 4 heterocycles. The number of pyridine rings is 2. The number of carbonyl (C=O) groups is 1. The largest absolute Gasteiger partial charge is 0.492 e. The topological polar surface area (TPSA) is 103 Å². The molecule has 1 aromatic carbocycles. The van der Waals surface area contributed by atoms with Gasteiger partial charge in [0.05, 0.1) is 41.8 Å². The zero-order valence-electron chi connectivity index (χ0n) is 18.8. The summed E-state index contributed by atoms with van der Waals surface area (Å²) in [6.45, 7) is 5.61. The van der Waals surface area contributed by atoms with E-state index in [2.05, 4.69) is 5.32 Å². The zero-order chi connectivity index (χ0) is 23.7. The molecule has 0 saturated heterocycles. The average Bonchev–Trinajstić information content (AvgIpc) is 3.13. The highest BCUT2D eigenvalue weighted by Crippen LogP contribution is 2.41. The zero-order valence-corrected chi connectivity index (χ0v) is 18.8. The molecule has 0 radical (unpaired) electrons. The van der Waals surface area contributed by atoms with Crippen molar-refractivity contribution in [2.45, 2.75) is 52.0 Å². The third kappa shape index (κ3) is 2.95. The van der Waals surface area contributed by atoms with Gasteiger partial charge in [0.2, 0.25) is 0 Å². The minimum atomic E-state index is -1.89. The lowest BCUT2D eigenvalue weighted by Gasteiger charge is -2.31. The smallest absolute Gasteiger partial charge is 0.343 e. The van der Waals surface area contributed by atoms with Crippen LogP contribution in [0.25, 0.3) is 22.3 Å². The Balaban J connectivity index is 1.77. The average molecular weight is 453 g/mol. The van der Waals surface area contributed by atoms with Crippen molar-refractivity contribution in [3.05, 3.63) is 51.1 Å². The maximum atomic E-state index is 14.8. The third-order valence-electron chi connectivity index (χ3n) is 6.36. The predicted molar refractivity (Wildman–Crippen MR) is 120 cm³/mol. The summed E-state index contributed by atoms with van der Waals surface area (Å²) in [7, 11) is 1.41. The molecule has 1 atom stereocenters. The quantitative estimate of drug-likeness (QED) is 0.458. The van der Waals surface area contributed by atoms with Gasteiger partial charge in [-0.3, -0.25) is 4.79 Å². The van der Waals surface area contributed by atoms with E-state index in [0.717, 1.165) is 5.56 Å². The van der Waals surface area contributed by atoms with Crippen LogP contribution in [0.1, 0.15) is 43.9 Å². The lowest BCUT2D eigenvalue weighted by Crippen LogP contribution is -2.44. The molecule has 2 aliphatic heterocycles. The number of methoxy groups -OCH3 is 1. The van der Waals surface area contributed by atoms with Crippen LogP contribution >= 0.6 is 0 Å². The van der Waals surface area contributed by atoms with Crippen LogP contribution in [-0.4, -0.2) is 33.8 Å². The van der Waals surface area contributed by atoms with Crippen molar-refractivity contribution in [3.8, 4) is 17.1 Å². The Kier molecular flexibility index (Phi) is 4.72. The van der Waals surface area contributed by atoms with E-state index in [9.17, 15) is 19.1 Å². The Hall–Kier alpha value is -3.46. The number of aromatic nitrogens is 2. The van der Waals surface area contributed by atoms with Crippen LogP contribution < -0.4 is 15.6 Å². The molecule has 172 valence electrons. The molecule has 2 aromatic heterocycles. The van der Waals surface area contributed by atoms with Crippen molar-refractivity contribution in [3.63, 3.8) is 0 Å². The Morgan fingerprint density at radius 2 is 2.09 bits per heavy atom. The molecule has 5 rings (SSSR count). The number of esters is 1. The highest BCUT2D eigenvalue weighted by molar-refractivity contribution is 5.97. The van der Waals surface area contributed by atoms with Gasteiger partial charge in [0.25, 0.3) is 5.56 Å². The number of hydrogen-bond acceptors (Lipinski definition) is 7. The summed E-state index contributed by atoms with van der Waals surface area (Å²) in [4.78, 5) is 30.3. The molecule has 0 amide bonds. The number of anilines is 1. The van der Waals surface area contributed by atoms with Crippen LogP contribution in [0.5, 0.6) is 5.75 Å². The van der Waals surface area contributed by atoms with Gasteiger partial charge in [-0.1, -0.05) is 6.92 Å². The molecule has 0 bridgehead atoms. The van der Waals surface area contributed by atoms with Gasteiger partial charge in [-0.25, -0.2) is 14.2 Å². The summed E-state index contributed by atoms with van der Waals surface area (Å²) in [6.07, 6.45) is 0.0645. The van der Waals surface area contributed by atoms with Crippen molar-refractivity contribution in [1.82, 2.24) is 9.55 Å². The van der Waals surface area contributed by atoms with Crippen LogP contribution in [-0.2, 0) is 28.3 Å². The molecule has 2 N–H and O–H groups in total. The number of nitrogens with one attached hydrogen (secondary N) is 1. The maximum absolute atomic E-state index is 14.8. The minimum Gasteiger partial charge on any atom is -0.492 e. The van der Waals surface area contributed by atoms with Crippen molar-refractivity contribution in [1.29, 1.82) is 0 Å². The summed E-state index contributed by atoms with van der Waals surface area (Å²) < 4.78 is 26.8. The summed E-state index contributed by atoms with van der Waals surface area (Å²) in [5.74, 6) is -1.22. The molecule has 9 heteroatoms. The number of aliphatic hydroxyl groups is 1. The van der Waals surface area contributed by atoms with Gasteiger partial charge in [0, 0.05) is 28.6 Å². The highest BCUT2D eigenvalue weighted by Gasteiger charge is 2.45. The summed E-state index contributed by atoms with van der Waals surface area (Å²) in [5.41, 5.74) is 0.939. The fraction of sp³-hybridized carbons (Fsp3) is 0.375. The van der Waals surface area contributed by atoms with Crippen molar-refractivity contribution >= 4 is 22.6 Å². The number of benzene rings is 1. The lowest BCUT2D eigenvalue weighted by molar-refractivity contribution is -0.172. The van der Waals surface area contributed by atoms with E-state index in [-0.39, 0.29) is 48.0 Å². The van der Waals surface area contributed by atoms with Gasteiger partial charge in [-0.2, -0.15) is 0 Å². The highest BCUT2D eigenvalue weighted by atomic mass is 19.1. The Bertz CT molecular complexity index is 1400. The summed E-state index contributed by atoms with van der Waals surface area (Å²) in [6, 6.07) is 4.84. The van der Waals surface area contributed by atoms with Crippen molar-refractivity contribution in [2.75, 3.05) is 12.4 Å². The standard InChI is InChI=1S/C24H24FN3O5/c1-5-24(31)15-7-18-19-12(9-28(18)22(29)14(15)10-33-23(24)30)6-13-17(27-19)8-16(25)21(32-4)20(13)26-11(2)3/h6-8,11,26,31H,5,9-10H2,1-4H3/t24-/m0/s1. The predicted octanol–water partition coefficient (Wildman–Crippen LogP) is 3.05. The second-order valence-electron chi connectivity index (χ2n) is 8.73. The molecule has 3 aromatic rings. The molecular formula is C24H24FN3O5. The van der Waals surface area contributed by atoms with Crippen molar-refractivity contribution in [2.24, 2.45) is 0 Å². The number of rotatable bonds is 4. The van der Waals surface area contributed by atoms with E-state index < -0.39 is 17.4 Å². The molecule has 8 nitrogen and oxygen atoms in total. The molecule has 33 heavy (non-hydrogen) atoms. The van der Waals surface area contributed by atoms with E-state index in [1.54, 1.807) is 17.6 Å². The Labute approximate surface area is 189 Å². The first-order chi connectivity index (χ1) is 15.7. The second-order valence-corrected chi connectivity index (χ2v) is 8.73. The monoisotopic (exact) mass is 453 g/mol. The van der Waals surface area contributed by atoms with Gasteiger partial charge in [-0.15, -0.1) is 0 Å². The van der Waals surface area contributed by atoms with Crippen LogP contribution in [0.4, 0.5) is 10.1 Å². The maximum Gasteiger partial charge on any atom is 0.343 e. The van der Waals surface area contributed by atoms with Crippen molar-refractivity contribution < 1.29 is 23.8 Å². The number of cyclic esters (lactones) is 1. The Morgan fingerprint density at radius 3 is 2.76 bits per heavy atom. The molecule has 0 unspecified atom stereocenters. The van der Waals surface area contributed by atoms with Crippen LogP contribution in [0, 0.1) is 5.82 Å². The normalized spacial score (nSPS) is 18.7. The fourth-order valence-electron chi connectivity index (χ4n) is 4.70. The van der Waals surface area contributed by atoms with Gasteiger partial charge in [0.15, 0.2) is 17.2 Å². The van der Waals surface area contributed by atoms with Crippen LogP contribution in [0.15, 0.2) is 23.0 Å². The number of nitrogens with zero attached hydrogens (tertiary/aromatic N) is 2. The van der Waals surface area contributed by atoms with E-state index in [0.29, 0.717) is 28.0 Å². The first kappa shape index (κ1) is 21.4. The van der Waals surface area contributed by atoms with E-state index in [4.69, 9.17) is 14.5 Å². The molecular weight excluding hydrogens is 429 g/mol. The first-order valence-electron chi connectivity index (χ1n) is 10.8. The molecule has 0 fully saturated rings. The SMILES string of the molecule is CC[C@@]1(O)C(=O)OCc2c1cc1n(c2=O)Cc2cc3c(NC(C)C)c(OC)c(F)cc3nc2-1. The van der Waals surface area contributed by atoms with Gasteiger partial charge < -0.3 is 24.5 Å². The van der Waals surface area contributed by atoms with Gasteiger partial charge in [0.1, 0.15) is 6.61 Å². The summed E-state index contributed by atoms with van der Waals surface area (Å²) in [5, 5.41) is 14.9. The second kappa shape index (κ2) is 7.28. The number of carbonyl (C=O) groups excluding carboxylic acids is 1. The van der Waals surface area contributed by atoms with E-state index in [1.165, 1.54) is 13.2 Å². The van der Waals surface area contributed by atoms with Gasteiger partial charge >= 0.3 is 5.97 Å². The van der Waals surface area contributed by atoms with Crippen LogP contribution in [0.3, 0.4) is 0 Å². The third-order valence-corrected chi connectivity index (χ3v) is 6.36. The Morgan fingerprint density at radius 1 is 1.33 bits per heavy atom. The molecule has 0 spiro atoms. The lowest BCUT2D eigenvalue weighted by atomic mass is 9.86. The summed E-state index contributed by atoms with van der Waals surface area (Å²) >= 11 is 0. The van der Waals surface area contributed by atoms with E-state index in [1.807, 2.05) is 19.9 Å². The molecule has 0 aliphatic carbocycles. The fourth-order valence-corrected chi connectivity index (χ4v) is 4.70. The molecule has 2 aliphatic rings. The van der Waals surface area contributed by atoms with E-state index >= 15 is 0 Å². The number of fused-ring (bicyclic) bond motifs is 5. The number of hydrogen-bond donors (Lipinski definition) is 2. The first-order valence-corrected chi connectivity index (χ1v) is 10.8. The van der Waals surface area contributed by atoms with Crippen LogP contribution in [0.2, 0.25) is 0 Å². The van der Waals surface area contributed by atoms with Gasteiger partial charge in [-0.05, 0) is 32.4 Å². The minimum absolute atomic E-state index is 0.0213. The number of halogens is 1. The number of ether oxygens (including phenoxy) is 2.